The fraction of sp³-hybridized carbons (Fsp3) is 0.541. The van der Waals surface area contributed by atoms with Gasteiger partial charge in [0.25, 0.3) is 0 Å². The van der Waals surface area contributed by atoms with Gasteiger partial charge >= 0.3 is 0 Å². The molecule has 1 amide bonds. The quantitative estimate of drug-likeness (QED) is 0.141. The number of nitrogens with two attached hydrogens (primary N) is 2. The van der Waals surface area contributed by atoms with E-state index >= 15 is 0 Å². The molecule has 1 saturated heterocycles. The molecule has 1 heterocycles. The Bertz CT molecular complexity index is 1350. The average molecular weight is 655 g/mol. The molecule has 8 heteroatoms. The van der Waals surface area contributed by atoms with Crippen molar-refractivity contribution in [1.82, 2.24) is 15.1 Å². The molecule has 0 saturated carbocycles. The molecule has 1 aliphatic heterocycles. The number of hydrogen-bond donors (Lipinski definition) is 3. The first-order valence-electron chi connectivity index (χ1n) is 16.8. The van der Waals surface area contributed by atoms with Crippen molar-refractivity contribution in [2.45, 2.75) is 83.3 Å². The van der Waals surface area contributed by atoms with Gasteiger partial charge < -0.3 is 21.7 Å². The van der Waals surface area contributed by atoms with E-state index < -0.39 is 0 Å². The zero-order valence-electron chi connectivity index (χ0n) is 27.2. The lowest BCUT2D eigenvalue weighted by Crippen LogP contribution is -2.62. The molecule has 5 N–H and O–H groups in total. The number of rotatable bonds is 17. The van der Waals surface area contributed by atoms with E-state index in [0.717, 1.165) is 82.5 Å². The number of fused-ring (bicyclic) bond motifs is 1. The predicted octanol–water partition coefficient (Wildman–Crippen LogP) is 6.69. The Morgan fingerprint density at radius 3 is 2.47 bits per heavy atom. The highest BCUT2D eigenvalue weighted by Gasteiger charge is 2.36. The van der Waals surface area contributed by atoms with Crippen molar-refractivity contribution in [3.63, 3.8) is 0 Å². The van der Waals surface area contributed by atoms with Gasteiger partial charge in [-0.2, -0.15) is 0 Å². The van der Waals surface area contributed by atoms with Crippen LogP contribution in [0.25, 0.3) is 10.8 Å². The van der Waals surface area contributed by atoms with E-state index in [1.54, 1.807) is 6.07 Å². The summed E-state index contributed by atoms with van der Waals surface area (Å²) in [6.07, 6.45) is 7.55. The molecule has 3 aromatic carbocycles. The summed E-state index contributed by atoms with van der Waals surface area (Å²) in [5, 5.41) is 7.27. The molecule has 0 aliphatic carbocycles. The van der Waals surface area contributed by atoms with Crippen LogP contribution in [0.3, 0.4) is 0 Å². The lowest BCUT2D eigenvalue weighted by molar-refractivity contribution is -0.138. The predicted molar refractivity (Wildman–Crippen MR) is 191 cm³/mol. The van der Waals surface area contributed by atoms with Crippen LogP contribution >= 0.6 is 23.2 Å². The lowest BCUT2D eigenvalue weighted by atomic mass is 9.94. The van der Waals surface area contributed by atoms with Crippen LogP contribution in [0.2, 0.25) is 10.0 Å². The van der Waals surface area contributed by atoms with Gasteiger partial charge in [0.2, 0.25) is 5.91 Å². The number of carbonyl (C=O) groups excluding carboxylic acids is 1. The number of unbranched alkanes of at least 4 members (excludes halogenated alkanes) is 2. The number of carbonyl (C=O) groups is 1. The van der Waals surface area contributed by atoms with Crippen LogP contribution in [0.1, 0.15) is 63.5 Å². The number of nitrogens with one attached hydrogen (secondary N) is 1. The molecule has 246 valence electrons. The molecule has 4 rings (SSSR count). The molecule has 3 aromatic rings. The molecule has 3 atom stereocenters. The van der Waals surface area contributed by atoms with E-state index in [4.69, 9.17) is 34.7 Å². The molecule has 0 bridgehead atoms. The number of nitrogens with zero attached hydrogens (tertiary/aromatic N) is 2. The number of benzene rings is 3. The minimum atomic E-state index is -0.0774. The maximum atomic E-state index is 14.0. The number of amides is 1. The van der Waals surface area contributed by atoms with Crippen LogP contribution in [0, 0.1) is 5.92 Å². The molecule has 45 heavy (non-hydrogen) atoms. The van der Waals surface area contributed by atoms with Crippen LogP contribution in [-0.2, 0) is 17.6 Å². The van der Waals surface area contributed by atoms with Crippen molar-refractivity contribution in [3.8, 4) is 0 Å². The zero-order chi connectivity index (χ0) is 32.2. The van der Waals surface area contributed by atoms with E-state index in [-0.39, 0.29) is 24.0 Å². The first-order valence-corrected chi connectivity index (χ1v) is 17.6. The van der Waals surface area contributed by atoms with Crippen molar-refractivity contribution in [1.29, 1.82) is 0 Å². The van der Waals surface area contributed by atoms with Crippen molar-refractivity contribution in [2.24, 2.45) is 17.4 Å². The topological polar surface area (TPSA) is 87.6 Å². The summed E-state index contributed by atoms with van der Waals surface area (Å²) >= 11 is 12.6. The summed E-state index contributed by atoms with van der Waals surface area (Å²) in [5.74, 6) is 0.699. The highest BCUT2D eigenvalue weighted by atomic mass is 35.5. The first kappa shape index (κ1) is 35.7. The van der Waals surface area contributed by atoms with Crippen LogP contribution in [0.15, 0.2) is 60.7 Å². The van der Waals surface area contributed by atoms with Gasteiger partial charge in [-0.15, -0.1) is 0 Å². The Morgan fingerprint density at radius 1 is 0.933 bits per heavy atom. The van der Waals surface area contributed by atoms with Crippen molar-refractivity contribution in [3.05, 3.63) is 81.8 Å². The summed E-state index contributed by atoms with van der Waals surface area (Å²) in [7, 11) is 0. The fourth-order valence-corrected chi connectivity index (χ4v) is 7.16. The Kier molecular flexibility index (Phi) is 14.4. The highest BCUT2D eigenvalue weighted by molar-refractivity contribution is 6.35. The minimum Gasteiger partial charge on any atom is -0.337 e. The third kappa shape index (κ3) is 11.2. The molecule has 0 unspecified atom stereocenters. The normalized spacial score (nSPS) is 18.2. The molecule has 0 radical (unpaired) electrons. The number of piperazine rings is 1. The van der Waals surface area contributed by atoms with Crippen LogP contribution < -0.4 is 16.8 Å². The average Bonchev–Trinajstić information content (AvgIpc) is 3.00. The Labute approximate surface area is 280 Å². The summed E-state index contributed by atoms with van der Waals surface area (Å²) in [6.45, 7) is 9.57. The van der Waals surface area contributed by atoms with Crippen LogP contribution in [0.5, 0.6) is 0 Å². The van der Waals surface area contributed by atoms with Crippen LogP contribution in [0.4, 0.5) is 0 Å². The second-order valence-electron chi connectivity index (χ2n) is 13.2. The van der Waals surface area contributed by atoms with E-state index in [0.29, 0.717) is 28.8 Å². The van der Waals surface area contributed by atoms with Crippen molar-refractivity contribution < 1.29 is 4.79 Å². The Morgan fingerprint density at radius 2 is 1.71 bits per heavy atom. The summed E-state index contributed by atoms with van der Waals surface area (Å²) in [4.78, 5) is 18.8. The van der Waals surface area contributed by atoms with E-state index in [1.165, 1.54) is 17.2 Å². The van der Waals surface area contributed by atoms with Gasteiger partial charge in [0.1, 0.15) is 0 Å². The molecule has 1 fully saturated rings. The lowest BCUT2D eigenvalue weighted by Gasteiger charge is -2.48. The molecule has 1 aliphatic rings. The summed E-state index contributed by atoms with van der Waals surface area (Å²) < 4.78 is 0. The Balaban J connectivity index is 1.46. The second-order valence-corrected chi connectivity index (χ2v) is 14.1. The van der Waals surface area contributed by atoms with E-state index in [1.807, 2.05) is 12.1 Å². The van der Waals surface area contributed by atoms with Gasteiger partial charge in [0.15, 0.2) is 0 Å². The van der Waals surface area contributed by atoms with Crippen molar-refractivity contribution >= 4 is 39.9 Å². The zero-order valence-corrected chi connectivity index (χ0v) is 28.7. The molecule has 0 aromatic heterocycles. The van der Waals surface area contributed by atoms with E-state index in [2.05, 4.69) is 71.4 Å². The van der Waals surface area contributed by atoms with Gasteiger partial charge in [0, 0.05) is 47.8 Å². The van der Waals surface area contributed by atoms with Gasteiger partial charge in [-0.3, -0.25) is 9.69 Å². The molecule has 6 nitrogen and oxygen atoms in total. The largest absolute Gasteiger partial charge is 0.337 e. The fourth-order valence-electron chi connectivity index (χ4n) is 6.68. The first-order chi connectivity index (χ1) is 21.7. The molecular formula is C37H53Cl2N5O. The highest BCUT2D eigenvalue weighted by Crippen LogP contribution is 2.27. The third-order valence-corrected chi connectivity index (χ3v) is 9.54. The van der Waals surface area contributed by atoms with Gasteiger partial charge in [0.05, 0.1) is 6.42 Å². The second kappa shape index (κ2) is 18.2. The summed E-state index contributed by atoms with van der Waals surface area (Å²) in [5.41, 5.74) is 14.5. The standard InChI is InChI=1S/C37H53Cl2N5O/c1-27(2)19-35-25-43(24-33(41)22-31-14-15-32(38)23-36(31)39)34(11-8-18-42-17-7-3-6-16-40)26-44(35)37(45)21-28-12-13-29-9-4-5-10-30(29)20-28/h4-5,9-10,12-15,20,23,27,33-35,42H,3,6-8,11,16-19,21-22,24-26,40-41H2,1-2H3/t33-,34-,35+/m0/s1. The van der Waals surface area contributed by atoms with Gasteiger partial charge in [-0.05, 0) is 98.1 Å². The molecule has 0 spiro atoms. The molecular weight excluding hydrogens is 601 g/mol. The number of hydrogen-bond acceptors (Lipinski definition) is 5. The number of halogens is 2. The van der Waals surface area contributed by atoms with Gasteiger partial charge in [-0.1, -0.05) is 92.0 Å². The Hall–Kier alpha value is -2.19. The third-order valence-electron chi connectivity index (χ3n) is 8.96. The monoisotopic (exact) mass is 653 g/mol. The SMILES string of the molecule is CC(C)C[C@@H]1CN(C[C@@H](N)Cc2ccc(Cl)cc2Cl)[C@@H](CCCNCCCCCN)CN1C(=O)Cc1ccc2ccccc2c1. The van der Waals surface area contributed by atoms with Gasteiger partial charge in [-0.25, -0.2) is 0 Å². The summed E-state index contributed by atoms with van der Waals surface area (Å²) in [6, 6.07) is 20.7. The smallest absolute Gasteiger partial charge is 0.227 e. The van der Waals surface area contributed by atoms with E-state index in [9.17, 15) is 4.79 Å². The van der Waals surface area contributed by atoms with Crippen LogP contribution in [-0.4, -0.2) is 73.1 Å². The maximum absolute atomic E-state index is 14.0. The maximum Gasteiger partial charge on any atom is 0.227 e. The minimum absolute atomic E-state index is 0.0774. The van der Waals surface area contributed by atoms with Crippen molar-refractivity contribution in [2.75, 3.05) is 39.3 Å².